The smallest absolute Gasteiger partial charge is 0.193 e. The zero-order chi connectivity index (χ0) is 15.2. The summed E-state index contributed by atoms with van der Waals surface area (Å²) in [6.07, 6.45) is 0. The molecule has 0 amide bonds. The summed E-state index contributed by atoms with van der Waals surface area (Å²) in [5.74, 6) is 1.50. The predicted octanol–water partition coefficient (Wildman–Crippen LogP) is 2.48. The van der Waals surface area contributed by atoms with Crippen molar-refractivity contribution in [3.05, 3.63) is 48.0 Å². The van der Waals surface area contributed by atoms with Crippen LogP contribution in [0, 0.1) is 0 Å². The van der Waals surface area contributed by atoms with Gasteiger partial charge in [-0.15, -0.1) is 0 Å². The molecule has 0 saturated heterocycles. The number of carbonyl (C=O) groups is 1. The maximum atomic E-state index is 12.6. The summed E-state index contributed by atoms with van der Waals surface area (Å²) in [5.41, 5.74) is 0.417. The van der Waals surface area contributed by atoms with E-state index in [9.17, 15) is 4.79 Å². The number of carbonyl (C=O) groups excluding carboxylic acids is 1. The Morgan fingerprint density at radius 1 is 0.909 bits per heavy atom. The molecule has 1 atom stereocenters. The molecule has 2 aromatic rings. The van der Waals surface area contributed by atoms with E-state index in [0.717, 1.165) is 5.30 Å². The molecule has 0 aliphatic carbocycles. The molecule has 1 unspecified atom stereocenters. The monoisotopic (exact) mass is 311 g/mol. The summed E-state index contributed by atoms with van der Waals surface area (Å²) in [7, 11) is 4.62. The fourth-order valence-corrected chi connectivity index (χ4v) is 2.94. The molecule has 0 aliphatic heterocycles. The molecular formula is C16H17LiO4P. The minimum Gasteiger partial charge on any atom is -0.496 e. The molecule has 0 fully saturated rings. The van der Waals surface area contributed by atoms with Crippen LogP contribution in [0.2, 0.25) is 0 Å². The van der Waals surface area contributed by atoms with Gasteiger partial charge in [0.25, 0.3) is 0 Å². The van der Waals surface area contributed by atoms with Crippen LogP contribution in [-0.4, -0.2) is 45.7 Å². The van der Waals surface area contributed by atoms with Crippen LogP contribution in [0.5, 0.6) is 17.2 Å². The van der Waals surface area contributed by atoms with Crippen LogP contribution in [0.3, 0.4) is 0 Å². The summed E-state index contributed by atoms with van der Waals surface area (Å²) in [6, 6.07) is 13.0. The summed E-state index contributed by atoms with van der Waals surface area (Å²) < 4.78 is 15.8. The maximum Gasteiger partial charge on any atom is 0.193 e. The molecule has 0 bridgehead atoms. The minimum absolute atomic E-state index is 0. The molecule has 22 heavy (non-hydrogen) atoms. The van der Waals surface area contributed by atoms with E-state index in [2.05, 4.69) is 0 Å². The van der Waals surface area contributed by atoms with Crippen LogP contribution in [0.4, 0.5) is 0 Å². The van der Waals surface area contributed by atoms with Crippen molar-refractivity contribution in [1.82, 2.24) is 0 Å². The molecule has 2 aromatic carbocycles. The van der Waals surface area contributed by atoms with Gasteiger partial charge in [0.2, 0.25) is 0 Å². The topological polar surface area (TPSA) is 44.8 Å². The Hall–Kier alpha value is -1.46. The molecule has 0 aromatic heterocycles. The summed E-state index contributed by atoms with van der Waals surface area (Å²) in [4.78, 5) is 12.6. The Labute approximate surface area is 144 Å². The third-order valence-electron chi connectivity index (χ3n) is 2.97. The van der Waals surface area contributed by atoms with Gasteiger partial charge >= 0.3 is 0 Å². The summed E-state index contributed by atoms with van der Waals surface area (Å²) >= 11 is 0. The summed E-state index contributed by atoms with van der Waals surface area (Å²) in [5, 5.41) is 0.974. The SMILES string of the molecule is COc1cc(OC)c(C(=O)Pc2ccccc2)c(OC)c1.[Li]. The van der Waals surface area contributed by atoms with Crippen LogP contribution in [0.25, 0.3) is 0 Å². The average Bonchev–Trinajstić information content (AvgIpc) is 2.54. The van der Waals surface area contributed by atoms with Gasteiger partial charge in [-0.2, -0.15) is 0 Å². The van der Waals surface area contributed by atoms with E-state index < -0.39 is 0 Å². The van der Waals surface area contributed by atoms with Gasteiger partial charge in [-0.05, 0) is 13.9 Å². The van der Waals surface area contributed by atoms with Crippen LogP contribution in [0.1, 0.15) is 10.4 Å². The quantitative estimate of drug-likeness (QED) is 0.607. The number of benzene rings is 2. The predicted molar refractivity (Wildman–Crippen MR) is 90.6 cm³/mol. The molecule has 1 radical (unpaired) electrons. The molecular weight excluding hydrogens is 294 g/mol. The van der Waals surface area contributed by atoms with Gasteiger partial charge in [0, 0.05) is 31.0 Å². The molecule has 111 valence electrons. The van der Waals surface area contributed by atoms with E-state index in [4.69, 9.17) is 14.2 Å². The van der Waals surface area contributed by atoms with Crippen LogP contribution in [-0.2, 0) is 0 Å². The van der Waals surface area contributed by atoms with Crippen LogP contribution >= 0.6 is 8.58 Å². The Bertz CT molecular complexity index is 606. The van der Waals surface area contributed by atoms with Crippen molar-refractivity contribution in [3.63, 3.8) is 0 Å². The average molecular weight is 311 g/mol. The van der Waals surface area contributed by atoms with Crippen molar-refractivity contribution < 1.29 is 19.0 Å². The third-order valence-corrected chi connectivity index (χ3v) is 4.07. The Kier molecular flexibility index (Phi) is 7.48. The van der Waals surface area contributed by atoms with E-state index in [0.29, 0.717) is 22.8 Å². The first kappa shape index (κ1) is 18.6. The number of hydrogen-bond donors (Lipinski definition) is 0. The second kappa shape index (κ2) is 8.85. The fourth-order valence-electron chi connectivity index (χ4n) is 1.94. The zero-order valence-electron chi connectivity index (χ0n) is 13.2. The number of hydrogen-bond acceptors (Lipinski definition) is 4. The van der Waals surface area contributed by atoms with Gasteiger partial charge in [-0.25, -0.2) is 0 Å². The molecule has 4 nitrogen and oxygen atoms in total. The largest absolute Gasteiger partial charge is 0.496 e. The van der Waals surface area contributed by atoms with Crippen molar-refractivity contribution in [2.24, 2.45) is 0 Å². The van der Waals surface area contributed by atoms with Gasteiger partial charge in [-0.1, -0.05) is 30.3 Å². The molecule has 0 heterocycles. The fraction of sp³-hybridized carbons (Fsp3) is 0.188. The third kappa shape index (κ3) is 4.27. The normalized spacial score (nSPS) is 10.1. The van der Waals surface area contributed by atoms with Gasteiger partial charge in [-0.3, -0.25) is 4.79 Å². The van der Waals surface area contributed by atoms with E-state index in [-0.39, 0.29) is 33.0 Å². The molecule has 0 N–H and O–H groups in total. The van der Waals surface area contributed by atoms with E-state index in [1.807, 2.05) is 30.3 Å². The Morgan fingerprint density at radius 3 is 1.91 bits per heavy atom. The standard InChI is InChI=1S/C16H17O4P.Li/c1-18-11-9-13(19-2)15(14(10-11)20-3)16(17)21-12-7-5-4-6-8-12;/h4-10,21H,1-3H3;. The van der Waals surface area contributed by atoms with Gasteiger partial charge in [0.15, 0.2) is 5.52 Å². The first-order chi connectivity index (χ1) is 10.2. The molecule has 0 saturated carbocycles. The number of ether oxygens (including phenoxy) is 3. The number of rotatable bonds is 6. The van der Waals surface area contributed by atoms with Crippen molar-refractivity contribution in [2.75, 3.05) is 21.3 Å². The van der Waals surface area contributed by atoms with Gasteiger partial charge < -0.3 is 14.2 Å². The second-order valence-corrected chi connectivity index (χ2v) is 5.51. The van der Waals surface area contributed by atoms with E-state index in [1.54, 1.807) is 19.2 Å². The second-order valence-electron chi connectivity index (χ2n) is 4.23. The van der Waals surface area contributed by atoms with Gasteiger partial charge in [0.05, 0.1) is 21.3 Å². The zero-order valence-corrected chi connectivity index (χ0v) is 14.2. The van der Waals surface area contributed by atoms with Gasteiger partial charge in [0.1, 0.15) is 22.8 Å². The van der Waals surface area contributed by atoms with E-state index in [1.165, 1.54) is 14.2 Å². The Balaban J connectivity index is 0.00000242. The first-order valence-corrected chi connectivity index (χ1v) is 7.36. The molecule has 6 heteroatoms. The first-order valence-electron chi connectivity index (χ1n) is 6.36. The molecule has 2 rings (SSSR count). The number of methoxy groups -OCH3 is 3. The molecule has 0 spiro atoms. The van der Waals surface area contributed by atoms with Crippen molar-refractivity contribution in [3.8, 4) is 17.2 Å². The van der Waals surface area contributed by atoms with Crippen molar-refractivity contribution in [2.45, 2.75) is 0 Å². The van der Waals surface area contributed by atoms with Crippen molar-refractivity contribution >= 4 is 38.3 Å². The van der Waals surface area contributed by atoms with E-state index >= 15 is 0 Å². The summed E-state index contributed by atoms with van der Waals surface area (Å²) in [6.45, 7) is 0. The minimum atomic E-state index is -0.0300. The molecule has 0 aliphatic rings. The van der Waals surface area contributed by atoms with Crippen LogP contribution < -0.4 is 19.5 Å². The van der Waals surface area contributed by atoms with Crippen LogP contribution in [0.15, 0.2) is 42.5 Å². The Morgan fingerprint density at radius 2 is 1.45 bits per heavy atom. The van der Waals surface area contributed by atoms with Crippen molar-refractivity contribution in [1.29, 1.82) is 0 Å². The maximum absolute atomic E-state index is 12.6.